The maximum absolute atomic E-state index is 13.5. The Bertz CT molecular complexity index is 1390. The zero-order chi connectivity index (χ0) is 24.4. The van der Waals surface area contributed by atoms with Gasteiger partial charge < -0.3 is 10.2 Å². The molecule has 5 rings (SSSR count). The molecule has 2 aromatic carbocycles. The number of benzene rings is 2. The lowest BCUT2D eigenvalue weighted by molar-refractivity contribution is -0.117. The van der Waals surface area contributed by atoms with Gasteiger partial charge in [0.15, 0.2) is 11.0 Å². The minimum atomic E-state index is -0.271. The van der Waals surface area contributed by atoms with E-state index in [1.807, 2.05) is 79.1 Å². The third kappa shape index (κ3) is 4.54. The number of para-hydroxylation sites is 3. The van der Waals surface area contributed by atoms with E-state index in [-0.39, 0.29) is 30.0 Å². The SMILES string of the molecule is Cc1ccccc1-n1c(SCC(=O)N2c3ccccc3NC(=O)CC2C)nnc1-c1cccnc1. The van der Waals surface area contributed by atoms with Gasteiger partial charge >= 0.3 is 0 Å². The number of rotatable bonds is 5. The first kappa shape index (κ1) is 22.8. The molecule has 1 N–H and O–H groups in total. The highest BCUT2D eigenvalue weighted by Gasteiger charge is 2.30. The second-order valence-corrected chi connectivity index (χ2v) is 9.28. The minimum absolute atomic E-state index is 0.103. The lowest BCUT2D eigenvalue weighted by Gasteiger charge is -2.27. The van der Waals surface area contributed by atoms with Gasteiger partial charge in [0.1, 0.15) is 0 Å². The number of hydrogen-bond donors (Lipinski definition) is 1. The zero-order valence-corrected chi connectivity index (χ0v) is 20.2. The van der Waals surface area contributed by atoms with E-state index < -0.39 is 0 Å². The minimum Gasteiger partial charge on any atom is -0.324 e. The second-order valence-electron chi connectivity index (χ2n) is 8.34. The molecule has 2 aromatic heterocycles. The molecule has 1 unspecified atom stereocenters. The maximum atomic E-state index is 13.5. The number of nitrogens with zero attached hydrogens (tertiary/aromatic N) is 5. The molecule has 35 heavy (non-hydrogen) atoms. The molecule has 0 saturated heterocycles. The Morgan fingerprint density at radius 2 is 1.83 bits per heavy atom. The summed E-state index contributed by atoms with van der Waals surface area (Å²) in [5, 5.41) is 12.4. The molecule has 0 radical (unpaired) electrons. The predicted molar refractivity (Wildman–Crippen MR) is 137 cm³/mol. The monoisotopic (exact) mass is 484 g/mol. The molecular formula is C26H24N6O2S. The number of amides is 2. The molecule has 1 atom stereocenters. The Kier molecular flexibility index (Phi) is 6.33. The van der Waals surface area contributed by atoms with E-state index in [9.17, 15) is 9.59 Å². The molecule has 0 fully saturated rings. The topological polar surface area (TPSA) is 93.0 Å². The molecule has 176 valence electrons. The van der Waals surface area contributed by atoms with E-state index >= 15 is 0 Å². The molecule has 0 bridgehead atoms. The Morgan fingerprint density at radius 3 is 2.60 bits per heavy atom. The molecular weight excluding hydrogens is 460 g/mol. The van der Waals surface area contributed by atoms with Gasteiger partial charge in [-0.1, -0.05) is 42.1 Å². The van der Waals surface area contributed by atoms with Crippen LogP contribution in [0.15, 0.2) is 78.2 Å². The summed E-state index contributed by atoms with van der Waals surface area (Å²) < 4.78 is 1.97. The van der Waals surface area contributed by atoms with Gasteiger partial charge in [-0.25, -0.2) is 0 Å². The highest BCUT2D eigenvalue weighted by Crippen LogP contribution is 2.33. The smallest absolute Gasteiger partial charge is 0.237 e. The third-order valence-corrected chi connectivity index (χ3v) is 6.78. The fourth-order valence-electron chi connectivity index (χ4n) is 4.24. The summed E-state index contributed by atoms with van der Waals surface area (Å²) in [6.45, 7) is 3.92. The van der Waals surface area contributed by atoms with Crippen LogP contribution in [0.1, 0.15) is 18.9 Å². The Morgan fingerprint density at radius 1 is 1.06 bits per heavy atom. The average molecular weight is 485 g/mol. The van der Waals surface area contributed by atoms with E-state index in [0.717, 1.165) is 16.8 Å². The lowest BCUT2D eigenvalue weighted by Crippen LogP contribution is -2.40. The third-order valence-electron chi connectivity index (χ3n) is 5.86. The normalized spacial score (nSPS) is 15.3. The first-order valence-electron chi connectivity index (χ1n) is 11.3. The van der Waals surface area contributed by atoms with Gasteiger partial charge in [0.05, 0.1) is 22.8 Å². The summed E-state index contributed by atoms with van der Waals surface area (Å²) in [5.41, 5.74) is 4.18. The van der Waals surface area contributed by atoms with E-state index in [1.165, 1.54) is 11.8 Å². The molecule has 1 aliphatic heterocycles. The van der Waals surface area contributed by atoms with Crippen molar-refractivity contribution in [2.75, 3.05) is 16.0 Å². The van der Waals surface area contributed by atoms with Crippen LogP contribution in [0.3, 0.4) is 0 Å². The number of carbonyl (C=O) groups is 2. The summed E-state index contributed by atoms with van der Waals surface area (Å²) in [7, 11) is 0. The van der Waals surface area contributed by atoms with Gasteiger partial charge in [-0.15, -0.1) is 10.2 Å². The molecule has 1 aliphatic rings. The molecule has 8 nitrogen and oxygen atoms in total. The first-order chi connectivity index (χ1) is 17.0. The van der Waals surface area contributed by atoms with Crippen LogP contribution in [-0.2, 0) is 9.59 Å². The molecule has 9 heteroatoms. The van der Waals surface area contributed by atoms with Crippen molar-refractivity contribution in [1.29, 1.82) is 0 Å². The molecule has 3 heterocycles. The standard InChI is InChI=1S/C26H24N6O2S/c1-17-8-3-5-11-21(17)32-25(19-9-7-13-27-15-19)29-30-26(32)35-16-24(34)31-18(2)14-23(33)28-20-10-4-6-12-22(20)31/h3-13,15,18H,14,16H2,1-2H3,(H,28,33). The molecule has 4 aromatic rings. The number of carbonyl (C=O) groups excluding carboxylic acids is 2. The highest BCUT2D eigenvalue weighted by molar-refractivity contribution is 7.99. The summed E-state index contributed by atoms with van der Waals surface area (Å²) in [6, 6.07) is 18.9. The van der Waals surface area contributed by atoms with Crippen LogP contribution in [0.25, 0.3) is 17.1 Å². The number of thioether (sulfide) groups is 1. The van der Waals surface area contributed by atoms with Crippen molar-refractivity contribution in [1.82, 2.24) is 19.7 Å². The van der Waals surface area contributed by atoms with Crippen LogP contribution in [0.4, 0.5) is 11.4 Å². The van der Waals surface area contributed by atoms with Gasteiger partial charge in [-0.2, -0.15) is 0 Å². The fraction of sp³-hybridized carbons (Fsp3) is 0.192. The van der Waals surface area contributed by atoms with Crippen LogP contribution >= 0.6 is 11.8 Å². The van der Waals surface area contributed by atoms with Crippen molar-refractivity contribution in [3.05, 3.63) is 78.6 Å². The first-order valence-corrected chi connectivity index (χ1v) is 12.3. The number of anilines is 2. The summed E-state index contributed by atoms with van der Waals surface area (Å²) in [4.78, 5) is 31.7. The number of hydrogen-bond acceptors (Lipinski definition) is 6. The van der Waals surface area contributed by atoms with Gasteiger partial charge in [0.2, 0.25) is 11.8 Å². The van der Waals surface area contributed by atoms with Crippen LogP contribution in [-0.4, -0.2) is 43.4 Å². The van der Waals surface area contributed by atoms with Crippen molar-refractivity contribution < 1.29 is 9.59 Å². The van der Waals surface area contributed by atoms with Gasteiger partial charge in [0, 0.05) is 30.4 Å². The van der Waals surface area contributed by atoms with Crippen molar-refractivity contribution in [2.24, 2.45) is 0 Å². The van der Waals surface area contributed by atoms with Crippen molar-refractivity contribution in [3.63, 3.8) is 0 Å². The Hall–Kier alpha value is -3.98. The fourth-order valence-corrected chi connectivity index (χ4v) is 5.04. The largest absolute Gasteiger partial charge is 0.324 e. The number of aryl methyl sites for hydroxylation is 1. The van der Waals surface area contributed by atoms with Crippen molar-refractivity contribution in [3.8, 4) is 17.1 Å². The molecule has 2 amide bonds. The number of nitrogens with one attached hydrogen (secondary N) is 1. The average Bonchev–Trinajstić information content (AvgIpc) is 3.22. The zero-order valence-electron chi connectivity index (χ0n) is 19.4. The molecule has 0 spiro atoms. The lowest BCUT2D eigenvalue weighted by atomic mass is 10.2. The van der Waals surface area contributed by atoms with E-state index in [4.69, 9.17) is 0 Å². The van der Waals surface area contributed by atoms with E-state index in [2.05, 4.69) is 20.5 Å². The predicted octanol–water partition coefficient (Wildman–Crippen LogP) is 4.49. The number of pyridine rings is 1. The molecule has 0 saturated carbocycles. The van der Waals surface area contributed by atoms with Crippen LogP contribution in [0.5, 0.6) is 0 Å². The quantitative estimate of drug-likeness (QED) is 0.420. The van der Waals surface area contributed by atoms with Gasteiger partial charge in [-0.05, 0) is 49.7 Å². The second kappa shape index (κ2) is 9.71. The van der Waals surface area contributed by atoms with Crippen molar-refractivity contribution in [2.45, 2.75) is 31.5 Å². The van der Waals surface area contributed by atoms with Gasteiger partial charge in [0.25, 0.3) is 0 Å². The van der Waals surface area contributed by atoms with Crippen LogP contribution in [0, 0.1) is 6.92 Å². The summed E-state index contributed by atoms with van der Waals surface area (Å²) in [5.74, 6) is 0.594. The van der Waals surface area contributed by atoms with E-state index in [1.54, 1.807) is 17.3 Å². The van der Waals surface area contributed by atoms with Crippen LogP contribution < -0.4 is 10.2 Å². The maximum Gasteiger partial charge on any atom is 0.237 e. The van der Waals surface area contributed by atoms with Gasteiger partial charge in [-0.3, -0.25) is 19.1 Å². The number of aromatic nitrogens is 4. The Balaban J connectivity index is 1.48. The Labute approximate surface area is 207 Å². The van der Waals surface area contributed by atoms with E-state index in [0.29, 0.717) is 22.4 Å². The van der Waals surface area contributed by atoms with Crippen LogP contribution in [0.2, 0.25) is 0 Å². The van der Waals surface area contributed by atoms with Crippen molar-refractivity contribution >= 4 is 35.0 Å². The number of fused-ring (bicyclic) bond motifs is 1. The summed E-state index contributed by atoms with van der Waals surface area (Å²) in [6.07, 6.45) is 3.69. The highest BCUT2D eigenvalue weighted by atomic mass is 32.2. The summed E-state index contributed by atoms with van der Waals surface area (Å²) >= 11 is 1.32. The molecule has 0 aliphatic carbocycles.